The number of guanidine groups is 1. The Labute approximate surface area is 172 Å². The summed E-state index contributed by atoms with van der Waals surface area (Å²) in [6.45, 7) is 4.97. The van der Waals surface area contributed by atoms with Gasteiger partial charge in [0, 0.05) is 55.2 Å². The summed E-state index contributed by atoms with van der Waals surface area (Å²) in [6, 6.07) is 0.378. The summed E-state index contributed by atoms with van der Waals surface area (Å²) in [5, 5.41) is 7.19. The molecule has 0 aromatic carbocycles. The second-order valence-corrected chi connectivity index (χ2v) is 8.12. The summed E-state index contributed by atoms with van der Waals surface area (Å²) in [5.41, 5.74) is 0. The summed E-state index contributed by atoms with van der Waals surface area (Å²) in [7, 11) is 2.79. The predicted octanol–water partition coefficient (Wildman–Crippen LogP) is 2.29. The molecule has 8 heteroatoms. The minimum atomic E-state index is -0.686. The van der Waals surface area contributed by atoms with Crippen LogP contribution in [-0.2, 0) is 20.3 Å². The highest BCUT2D eigenvalue weighted by atomic mass is 127. The van der Waals surface area contributed by atoms with Crippen LogP contribution in [0.2, 0.25) is 0 Å². The predicted molar refractivity (Wildman–Crippen MR) is 117 cm³/mol. The molecule has 0 aromatic heterocycles. The number of aliphatic imine (C=N–C) groups is 1. The largest absolute Gasteiger partial charge is 0.382 e. The van der Waals surface area contributed by atoms with E-state index in [4.69, 9.17) is 9.47 Å². The fraction of sp³-hybridized carbons (Fsp3) is 0.941. The van der Waals surface area contributed by atoms with E-state index in [9.17, 15) is 4.21 Å². The number of halogens is 1. The lowest BCUT2D eigenvalue weighted by Crippen LogP contribution is -2.46. The molecule has 6 nitrogen and oxygen atoms in total. The Morgan fingerprint density at radius 1 is 1.24 bits per heavy atom. The van der Waals surface area contributed by atoms with Crippen LogP contribution in [0.5, 0.6) is 0 Å². The van der Waals surface area contributed by atoms with Gasteiger partial charge in [0.2, 0.25) is 0 Å². The second kappa shape index (κ2) is 16.3. The van der Waals surface area contributed by atoms with Crippen molar-refractivity contribution in [1.29, 1.82) is 0 Å². The molecular formula is C17H36IN3O3S. The van der Waals surface area contributed by atoms with Gasteiger partial charge in [-0.05, 0) is 32.1 Å². The van der Waals surface area contributed by atoms with Crippen LogP contribution >= 0.6 is 24.0 Å². The third kappa shape index (κ3) is 11.4. The maximum absolute atomic E-state index is 12.0. The number of methoxy groups -OCH3 is 1. The van der Waals surface area contributed by atoms with Crippen molar-refractivity contribution in [2.45, 2.75) is 56.7 Å². The standard InChI is InChI=1S/C17H35N3O3S.HI/c1-4-24(21)16-9-7-8-15(14-16)20-17(18-2)19-10-5-6-11-23-13-12-22-3;/h15-16H,4-14H2,1-3H3,(H2,18,19,20);1H. The van der Waals surface area contributed by atoms with Gasteiger partial charge in [0.1, 0.15) is 0 Å². The van der Waals surface area contributed by atoms with Gasteiger partial charge in [-0.15, -0.1) is 24.0 Å². The molecule has 25 heavy (non-hydrogen) atoms. The van der Waals surface area contributed by atoms with Crippen molar-refractivity contribution >= 4 is 40.7 Å². The zero-order chi connectivity index (χ0) is 17.6. The lowest BCUT2D eigenvalue weighted by Gasteiger charge is -2.30. The first-order valence-electron chi connectivity index (χ1n) is 9.12. The van der Waals surface area contributed by atoms with Gasteiger partial charge in [0.25, 0.3) is 0 Å². The average Bonchev–Trinajstić information content (AvgIpc) is 2.62. The summed E-state index contributed by atoms with van der Waals surface area (Å²) >= 11 is 0. The van der Waals surface area contributed by atoms with Crippen molar-refractivity contribution in [3.05, 3.63) is 0 Å². The lowest BCUT2D eigenvalue weighted by atomic mass is 9.95. The van der Waals surface area contributed by atoms with E-state index in [0.717, 1.165) is 63.4 Å². The lowest BCUT2D eigenvalue weighted by molar-refractivity contribution is 0.0689. The van der Waals surface area contributed by atoms with Crippen molar-refractivity contribution in [3.63, 3.8) is 0 Å². The van der Waals surface area contributed by atoms with E-state index in [1.807, 2.05) is 6.92 Å². The third-order valence-electron chi connectivity index (χ3n) is 4.29. The second-order valence-electron chi connectivity index (χ2n) is 6.11. The third-order valence-corrected chi connectivity index (χ3v) is 6.03. The minimum absolute atomic E-state index is 0. The van der Waals surface area contributed by atoms with E-state index in [1.54, 1.807) is 14.2 Å². The highest BCUT2D eigenvalue weighted by molar-refractivity contribution is 14.0. The highest BCUT2D eigenvalue weighted by Crippen LogP contribution is 2.22. The minimum Gasteiger partial charge on any atom is -0.382 e. The van der Waals surface area contributed by atoms with Crippen LogP contribution in [0.3, 0.4) is 0 Å². The monoisotopic (exact) mass is 489 g/mol. The van der Waals surface area contributed by atoms with Crippen LogP contribution in [0.15, 0.2) is 4.99 Å². The molecule has 1 aliphatic carbocycles. The number of ether oxygens (including phenoxy) is 2. The Morgan fingerprint density at radius 2 is 2.04 bits per heavy atom. The summed E-state index contributed by atoms with van der Waals surface area (Å²) in [5.74, 6) is 1.61. The van der Waals surface area contributed by atoms with Crippen molar-refractivity contribution in [1.82, 2.24) is 10.6 Å². The Kier molecular flexibility index (Phi) is 16.3. The molecule has 0 bridgehead atoms. The van der Waals surface area contributed by atoms with Crippen LogP contribution in [0.4, 0.5) is 0 Å². The van der Waals surface area contributed by atoms with Gasteiger partial charge in [-0.2, -0.15) is 0 Å². The quantitative estimate of drug-likeness (QED) is 0.202. The fourth-order valence-corrected chi connectivity index (χ4v) is 4.27. The molecule has 0 amide bonds. The molecule has 1 fully saturated rings. The molecule has 0 aromatic rings. The van der Waals surface area contributed by atoms with Crippen LogP contribution in [0, 0.1) is 0 Å². The maximum atomic E-state index is 12.0. The van der Waals surface area contributed by atoms with E-state index >= 15 is 0 Å². The van der Waals surface area contributed by atoms with E-state index in [0.29, 0.717) is 24.5 Å². The van der Waals surface area contributed by atoms with E-state index in [-0.39, 0.29) is 24.0 Å². The number of hydrogen-bond acceptors (Lipinski definition) is 4. The van der Waals surface area contributed by atoms with Crippen LogP contribution in [-0.4, -0.2) is 67.7 Å². The van der Waals surface area contributed by atoms with Gasteiger partial charge < -0.3 is 20.1 Å². The molecule has 3 unspecified atom stereocenters. The SMILES string of the molecule is CCS(=O)C1CCCC(NC(=NC)NCCCCOCCOC)C1.I. The normalized spacial score (nSPS) is 22.1. The van der Waals surface area contributed by atoms with Crippen LogP contribution in [0.25, 0.3) is 0 Å². The zero-order valence-corrected chi connectivity index (χ0v) is 19.1. The van der Waals surface area contributed by atoms with Gasteiger partial charge >= 0.3 is 0 Å². The van der Waals surface area contributed by atoms with E-state index in [1.165, 1.54) is 0 Å². The highest BCUT2D eigenvalue weighted by Gasteiger charge is 2.25. The van der Waals surface area contributed by atoms with Crippen molar-refractivity contribution in [2.75, 3.05) is 46.3 Å². The van der Waals surface area contributed by atoms with Crippen molar-refractivity contribution in [3.8, 4) is 0 Å². The molecule has 150 valence electrons. The molecule has 0 radical (unpaired) electrons. The Hall–Kier alpha value is 0.0700. The smallest absolute Gasteiger partial charge is 0.191 e. The molecule has 1 aliphatic rings. The van der Waals surface area contributed by atoms with Gasteiger partial charge in [0.05, 0.1) is 13.2 Å². The molecule has 0 heterocycles. The van der Waals surface area contributed by atoms with Crippen LogP contribution < -0.4 is 10.6 Å². The van der Waals surface area contributed by atoms with Gasteiger partial charge in [-0.25, -0.2) is 0 Å². The fourth-order valence-electron chi connectivity index (χ4n) is 2.92. The Balaban J connectivity index is 0.00000576. The molecule has 1 saturated carbocycles. The molecule has 1 rings (SSSR count). The Bertz CT molecular complexity index is 386. The van der Waals surface area contributed by atoms with E-state index in [2.05, 4.69) is 15.6 Å². The molecular weight excluding hydrogens is 453 g/mol. The topological polar surface area (TPSA) is 72.0 Å². The number of unbranched alkanes of at least 4 members (excludes halogenated alkanes) is 1. The first kappa shape index (κ1) is 25.1. The van der Waals surface area contributed by atoms with Crippen LogP contribution in [0.1, 0.15) is 45.4 Å². The number of hydrogen-bond donors (Lipinski definition) is 2. The average molecular weight is 489 g/mol. The summed E-state index contributed by atoms with van der Waals surface area (Å²) in [4.78, 5) is 4.30. The molecule has 3 atom stereocenters. The van der Waals surface area contributed by atoms with E-state index < -0.39 is 10.8 Å². The first-order chi connectivity index (χ1) is 11.7. The molecule has 2 N–H and O–H groups in total. The maximum Gasteiger partial charge on any atom is 0.191 e. The van der Waals surface area contributed by atoms with Gasteiger partial charge in [0.15, 0.2) is 5.96 Å². The van der Waals surface area contributed by atoms with Crippen molar-refractivity contribution in [2.24, 2.45) is 4.99 Å². The summed E-state index contributed by atoms with van der Waals surface area (Å²) in [6.07, 6.45) is 6.41. The molecule has 0 saturated heterocycles. The number of nitrogens with one attached hydrogen (secondary N) is 2. The summed E-state index contributed by atoms with van der Waals surface area (Å²) < 4.78 is 22.4. The van der Waals surface area contributed by atoms with Gasteiger partial charge in [-0.3, -0.25) is 9.20 Å². The first-order valence-corrected chi connectivity index (χ1v) is 10.5. The Morgan fingerprint density at radius 3 is 2.72 bits per heavy atom. The number of nitrogens with zero attached hydrogens (tertiary/aromatic N) is 1. The van der Waals surface area contributed by atoms with Crippen molar-refractivity contribution < 1.29 is 13.7 Å². The molecule has 0 aliphatic heterocycles. The zero-order valence-electron chi connectivity index (χ0n) is 15.9. The number of rotatable bonds is 11. The van der Waals surface area contributed by atoms with Gasteiger partial charge in [-0.1, -0.05) is 13.3 Å². The molecule has 0 spiro atoms.